The Morgan fingerprint density at radius 3 is 2.62 bits per heavy atom. The third kappa shape index (κ3) is 3.17. The van der Waals surface area contributed by atoms with Crippen LogP contribution in [-0.2, 0) is 20.8 Å². The zero-order valence-electron chi connectivity index (χ0n) is 15.4. The number of carbonyl (C=O) groups is 3. The molecule has 2 fully saturated rings. The van der Waals surface area contributed by atoms with Crippen molar-refractivity contribution in [1.29, 1.82) is 0 Å². The number of halogens is 1. The molecule has 5 rings (SSSR count). The van der Waals surface area contributed by atoms with Crippen molar-refractivity contribution >= 4 is 34.2 Å². The molecule has 3 amide bonds. The first-order valence-corrected chi connectivity index (χ1v) is 10.3. The lowest BCUT2D eigenvalue weighted by Crippen LogP contribution is -2.39. The van der Waals surface area contributed by atoms with Gasteiger partial charge in [0.15, 0.2) is 5.13 Å². The second kappa shape index (κ2) is 6.88. The van der Waals surface area contributed by atoms with Gasteiger partial charge in [-0.25, -0.2) is 9.37 Å². The topological polar surface area (TPSA) is 79.4 Å². The predicted molar refractivity (Wildman–Crippen MR) is 104 cm³/mol. The highest BCUT2D eigenvalue weighted by molar-refractivity contribution is 7.15. The molecular weight excluding hydrogens is 393 g/mol. The molecule has 0 radical (unpaired) electrons. The van der Waals surface area contributed by atoms with Gasteiger partial charge in [-0.05, 0) is 36.0 Å². The first-order valence-electron chi connectivity index (χ1n) is 9.52. The summed E-state index contributed by atoms with van der Waals surface area (Å²) in [6.07, 6.45) is 7.05. The number of carbonyl (C=O) groups excluding carboxylic acids is 3. The fourth-order valence-corrected chi connectivity index (χ4v) is 5.58. The molecule has 2 aromatic rings. The number of aromatic nitrogens is 1. The maximum Gasteiger partial charge on any atom is 0.246 e. The smallest absolute Gasteiger partial charge is 0.246 e. The molecule has 0 spiro atoms. The predicted octanol–water partition coefficient (Wildman–Crippen LogP) is 2.62. The minimum absolute atomic E-state index is 0.124. The molecule has 1 aromatic carbocycles. The number of rotatable bonds is 5. The van der Waals surface area contributed by atoms with E-state index in [1.165, 1.54) is 23.5 Å². The summed E-state index contributed by atoms with van der Waals surface area (Å²) in [5.41, 5.74) is 0.814. The Balaban J connectivity index is 1.21. The van der Waals surface area contributed by atoms with Crippen molar-refractivity contribution in [1.82, 2.24) is 9.88 Å². The highest BCUT2D eigenvalue weighted by atomic mass is 32.1. The maximum atomic E-state index is 13.3. The molecule has 1 saturated carbocycles. The van der Waals surface area contributed by atoms with Crippen molar-refractivity contribution in [2.24, 2.45) is 23.7 Å². The summed E-state index contributed by atoms with van der Waals surface area (Å²) in [6.45, 7) is -0.289. The third-order valence-electron chi connectivity index (χ3n) is 5.93. The van der Waals surface area contributed by atoms with Crippen LogP contribution >= 0.6 is 11.3 Å². The number of allylic oxidation sites excluding steroid dienone is 2. The van der Waals surface area contributed by atoms with Gasteiger partial charge in [0.05, 0.1) is 11.8 Å². The van der Waals surface area contributed by atoms with Gasteiger partial charge >= 0.3 is 0 Å². The molecule has 2 bridgehead atoms. The molecule has 4 unspecified atom stereocenters. The number of hydrogen-bond donors (Lipinski definition) is 1. The van der Waals surface area contributed by atoms with E-state index in [1.807, 2.05) is 18.2 Å². The highest BCUT2D eigenvalue weighted by Crippen LogP contribution is 2.52. The van der Waals surface area contributed by atoms with Gasteiger partial charge in [-0.15, -0.1) is 11.3 Å². The van der Waals surface area contributed by atoms with Crippen LogP contribution in [0.25, 0.3) is 0 Å². The molecule has 4 atom stereocenters. The van der Waals surface area contributed by atoms with Gasteiger partial charge in [0.25, 0.3) is 0 Å². The Kier molecular flexibility index (Phi) is 4.31. The van der Waals surface area contributed by atoms with E-state index >= 15 is 0 Å². The van der Waals surface area contributed by atoms with E-state index in [9.17, 15) is 18.8 Å². The van der Waals surface area contributed by atoms with E-state index in [4.69, 9.17) is 0 Å². The van der Waals surface area contributed by atoms with E-state index in [0.29, 0.717) is 11.6 Å². The average molecular weight is 411 g/mol. The Morgan fingerprint density at radius 2 is 1.93 bits per heavy atom. The van der Waals surface area contributed by atoms with Crippen LogP contribution in [0.1, 0.15) is 16.9 Å². The minimum Gasteiger partial charge on any atom is -0.300 e. The van der Waals surface area contributed by atoms with Crippen LogP contribution in [0, 0.1) is 29.5 Å². The van der Waals surface area contributed by atoms with Gasteiger partial charge in [-0.3, -0.25) is 19.3 Å². The number of imide groups is 1. The molecule has 29 heavy (non-hydrogen) atoms. The zero-order valence-corrected chi connectivity index (χ0v) is 16.2. The molecule has 148 valence electrons. The summed E-state index contributed by atoms with van der Waals surface area (Å²) in [5, 5.41) is 3.06. The Hall–Kier alpha value is -2.87. The molecule has 1 N–H and O–H groups in total. The molecule has 3 aliphatic rings. The number of nitrogens with zero attached hydrogens (tertiary/aromatic N) is 2. The van der Waals surface area contributed by atoms with Gasteiger partial charge in [-0.1, -0.05) is 24.3 Å². The van der Waals surface area contributed by atoms with E-state index in [1.54, 1.807) is 12.3 Å². The van der Waals surface area contributed by atoms with E-state index < -0.39 is 5.91 Å². The fraction of sp³-hybridized carbons (Fsp3) is 0.333. The van der Waals surface area contributed by atoms with Gasteiger partial charge < -0.3 is 5.32 Å². The molecule has 2 aliphatic carbocycles. The lowest BCUT2D eigenvalue weighted by molar-refractivity contribution is -0.143. The van der Waals surface area contributed by atoms with Crippen molar-refractivity contribution in [3.05, 3.63) is 58.9 Å². The number of hydrogen-bond acceptors (Lipinski definition) is 5. The summed E-state index contributed by atoms with van der Waals surface area (Å²) in [5.74, 6) is -1.58. The summed E-state index contributed by atoms with van der Waals surface area (Å²) in [4.78, 5) is 43.9. The summed E-state index contributed by atoms with van der Waals surface area (Å²) in [7, 11) is 0. The van der Waals surface area contributed by atoms with Crippen LogP contribution in [0.2, 0.25) is 0 Å². The second-order valence-corrected chi connectivity index (χ2v) is 8.86. The first-order chi connectivity index (χ1) is 14.0. The lowest BCUT2D eigenvalue weighted by Gasteiger charge is -2.16. The van der Waals surface area contributed by atoms with Gasteiger partial charge in [0, 0.05) is 17.5 Å². The number of anilines is 1. The average Bonchev–Trinajstić information content (AvgIpc) is 3.44. The number of likely N-dealkylation sites (tertiary alicyclic amines) is 1. The summed E-state index contributed by atoms with van der Waals surface area (Å²) >= 11 is 1.29. The van der Waals surface area contributed by atoms with Crippen molar-refractivity contribution in [3.63, 3.8) is 0 Å². The minimum atomic E-state index is -0.446. The molecule has 1 aliphatic heterocycles. The number of thiazole rings is 1. The Morgan fingerprint density at radius 1 is 1.21 bits per heavy atom. The fourth-order valence-electron chi connectivity index (χ4n) is 4.72. The molecule has 8 heteroatoms. The second-order valence-electron chi connectivity index (χ2n) is 7.75. The Bertz CT molecular complexity index is 1020. The van der Waals surface area contributed by atoms with Crippen LogP contribution in [0.5, 0.6) is 0 Å². The lowest BCUT2D eigenvalue weighted by atomic mass is 9.85. The highest BCUT2D eigenvalue weighted by Gasteiger charge is 2.59. The Labute approximate surface area is 170 Å². The molecule has 1 aromatic heterocycles. The number of amides is 3. The standard InChI is InChI=1S/C21H18FN3O3S/c22-14-3-1-2-11(6-14)7-15-9-23-21(29-15)24-16(26)10-25-19(27)17-12-4-5-13(8-12)18(17)20(25)28/h1-6,9,12-13,17-18H,7-8,10H2,(H,23,24,26). The van der Waals surface area contributed by atoms with Gasteiger partial charge in [-0.2, -0.15) is 0 Å². The third-order valence-corrected chi connectivity index (χ3v) is 6.84. The van der Waals surface area contributed by atoms with E-state index in [-0.39, 0.29) is 47.8 Å². The number of nitrogens with one attached hydrogen (secondary N) is 1. The van der Waals surface area contributed by atoms with Crippen molar-refractivity contribution in [2.75, 3.05) is 11.9 Å². The molecule has 2 heterocycles. The van der Waals surface area contributed by atoms with Crippen LogP contribution < -0.4 is 5.32 Å². The van der Waals surface area contributed by atoms with E-state index in [2.05, 4.69) is 10.3 Å². The largest absolute Gasteiger partial charge is 0.300 e. The first kappa shape index (κ1) is 18.2. The van der Waals surface area contributed by atoms with Gasteiger partial charge in [0.2, 0.25) is 17.7 Å². The summed E-state index contributed by atoms with van der Waals surface area (Å²) < 4.78 is 13.3. The number of benzene rings is 1. The van der Waals surface area contributed by atoms with Gasteiger partial charge in [0.1, 0.15) is 12.4 Å². The maximum absolute atomic E-state index is 13.3. The zero-order chi connectivity index (χ0) is 20.1. The quantitative estimate of drug-likeness (QED) is 0.606. The van der Waals surface area contributed by atoms with Crippen molar-refractivity contribution < 1.29 is 18.8 Å². The number of fused-ring (bicyclic) bond motifs is 5. The molecular formula is C21H18FN3O3S. The summed E-state index contributed by atoms with van der Waals surface area (Å²) in [6, 6.07) is 6.32. The SMILES string of the molecule is O=C(CN1C(=O)C2C3C=CC(C3)C2C1=O)Nc1ncc(Cc2cccc(F)c2)s1. The van der Waals surface area contributed by atoms with Crippen LogP contribution in [0.4, 0.5) is 9.52 Å². The monoisotopic (exact) mass is 411 g/mol. The van der Waals surface area contributed by atoms with Crippen LogP contribution in [0.15, 0.2) is 42.6 Å². The van der Waals surface area contributed by atoms with Crippen molar-refractivity contribution in [3.8, 4) is 0 Å². The molecule has 6 nitrogen and oxygen atoms in total. The van der Waals surface area contributed by atoms with Crippen LogP contribution in [0.3, 0.4) is 0 Å². The van der Waals surface area contributed by atoms with Crippen LogP contribution in [-0.4, -0.2) is 34.2 Å². The van der Waals surface area contributed by atoms with E-state index in [0.717, 1.165) is 21.8 Å². The molecule has 1 saturated heterocycles. The normalized spacial score (nSPS) is 27.0. The van der Waals surface area contributed by atoms with Crippen molar-refractivity contribution in [2.45, 2.75) is 12.8 Å².